The lowest BCUT2D eigenvalue weighted by Gasteiger charge is -2.07. The van der Waals surface area contributed by atoms with Crippen molar-refractivity contribution in [3.63, 3.8) is 0 Å². The molecule has 18 heavy (non-hydrogen) atoms. The van der Waals surface area contributed by atoms with E-state index in [-0.39, 0.29) is 11.5 Å². The topological polar surface area (TPSA) is 66.8 Å². The zero-order valence-corrected chi connectivity index (χ0v) is 9.89. The van der Waals surface area contributed by atoms with E-state index in [1.165, 1.54) is 30.3 Å². The van der Waals surface area contributed by atoms with E-state index in [9.17, 15) is 15.0 Å². The standard InChI is InChI=1S/C13H9ClO4/c14-9-6-4-8(5-7-9)13(17)18-11-3-1-2-10(15)12(11)16/h1-7,15-16H. The fourth-order valence-electron chi connectivity index (χ4n) is 1.34. The minimum absolute atomic E-state index is 0.102. The quantitative estimate of drug-likeness (QED) is 0.497. The van der Waals surface area contributed by atoms with Gasteiger partial charge >= 0.3 is 5.97 Å². The lowest BCUT2D eigenvalue weighted by atomic mass is 10.2. The van der Waals surface area contributed by atoms with Crippen molar-refractivity contribution in [2.24, 2.45) is 0 Å². The monoisotopic (exact) mass is 264 g/mol. The van der Waals surface area contributed by atoms with Crippen LogP contribution in [0.3, 0.4) is 0 Å². The molecule has 0 heterocycles. The number of para-hydroxylation sites is 1. The van der Waals surface area contributed by atoms with Gasteiger partial charge < -0.3 is 14.9 Å². The van der Waals surface area contributed by atoms with E-state index in [0.29, 0.717) is 10.6 Å². The molecular weight excluding hydrogens is 256 g/mol. The number of carbonyl (C=O) groups is 1. The van der Waals surface area contributed by atoms with Crippen LogP contribution >= 0.6 is 11.6 Å². The molecule has 0 aromatic heterocycles. The van der Waals surface area contributed by atoms with Gasteiger partial charge in [-0.05, 0) is 36.4 Å². The van der Waals surface area contributed by atoms with Gasteiger partial charge in [0.2, 0.25) is 5.75 Å². The smallest absolute Gasteiger partial charge is 0.343 e. The molecule has 0 spiro atoms. The van der Waals surface area contributed by atoms with Crippen molar-refractivity contribution in [3.05, 3.63) is 53.1 Å². The van der Waals surface area contributed by atoms with Crippen LogP contribution in [0.4, 0.5) is 0 Å². The van der Waals surface area contributed by atoms with Crippen molar-refractivity contribution in [2.45, 2.75) is 0 Å². The Morgan fingerprint density at radius 2 is 1.72 bits per heavy atom. The maximum Gasteiger partial charge on any atom is 0.343 e. The van der Waals surface area contributed by atoms with E-state index in [4.69, 9.17) is 16.3 Å². The highest BCUT2D eigenvalue weighted by Crippen LogP contribution is 2.34. The summed E-state index contributed by atoms with van der Waals surface area (Å²) in [5.74, 6) is -1.57. The van der Waals surface area contributed by atoms with Crippen LogP contribution in [0.15, 0.2) is 42.5 Å². The largest absolute Gasteiger partial charge is 0.504 e. The van der Waals surface area contributed by atoms with Gasteiger partial charge in [-0.2, -0.15) is 0 Å². The summed E-state index contributed by atoms with van der Waals surface area (Å²) in [5.41, 5.74) is 0.294. The third-order valence-electron chi connectivity index (χ3n) is 2.26. The van der Waals surface area contributed by atoms with Crippen molar-refractivity contribution < 1.29 is 19.7 Å². The molecule has 0 amide bonds. The second-order valence-corrected chi connectivity index (χ2v) is 3.96. The minimum atomic E-state index is -0.646. The summed E-state index contributed by atoms with van der Waals surface area (Å²) in [6.07, 6.45) is 0. The molecule has 5 heteroatoms. The Morgan fingerprint density at radius 1 is 1.06 bits per heavy atom. The summed E-state index contributed by atoms with van der Waals surface area (Å²) in [5, 5.41) is 19.3. The Balaban J connectivity index is 2.21. The molecule has 0 saturated heterocycles. The van der Waals surface area contributed by atoms with Crippen molar-refractivity contribution in [1.29, 1.82) is 0 Å². The predicted molar refractivity (Wildman–Crippen MR) is 66.2 cm³/mol. The Kier molecular flexibility index (Phi) is 3.39. The number of phenolic OH excluding ortho intramolecular Hbond substituents is 2. The van der Waals surface area contributed by atoms with Crippen LogP contribution in [0, 0.1) is 0 Å². The fraction of sp³-hybridized carbons (Fsp3) is 0. The normalized spacial score (nSPS) is 10.1. The van der Waals surface area contributed by atoms with Crippen LogP contribution in [0.2, 0.25) is 5.02 Å². The molecule has 2 rings (SSSR count). The molecule has 92 valence electrons. The molecule has 2 aromatic rings. The van der Waals surface area contributed by atoms with Crippen LogP contribution in [-0.4, -0.2) is 16.2 Å². The molecule has 0 aliphatic rings. The lowest BCUT2D eigenvalue weighted by Crippen LogP contribution is -2.08. The Bertz CT molecular complexity index is 578. The van der Waals surface area contributed by atoms with E-state index >= 15 is 0 Å². The van der Waals surface area contributed by atoms with Crippen molar-refractivity contribution in [2.75, 3.05) is 0 Å². The number of hydrogen-bond acceptors (Lipinski definition) is 4. The highest BCUT2D eigenvalue weighted by Gasteiger charge is 2.13. The van der Waals surface area contributed by atoms with E-state index in [1.807, 2.05) is 0 Å². The first-order chi connectivity index (χ1) is 8.58. The molecule has 0 aliphatic carbocycles. The number of aromatic hydroxyl groups is 2. The van der Waals surface area contributed by atoms with Gasteiger partial charge in [0.15, 0.2) is 11.5 Å². The van der Waals surface area contributed by atoms with Crippen molar-refractivity contribution in [1.82, 2.24) is 0 Å². The highest BCUT2D eigenvalue weighted by atomic mass is 35.5. The molecule has 0 aliphatic heterocycles. The molecule has 0 bridgehead atoms. The van der Waals surface area contributed by atoms with E-state index in [0.717, 1.165) is 0 Å². The van der Waals surface area contributed by atoms with Gasteiger partial charge in [-0.1, -0.05) is 17.7 Å². The molecule has 0 saturated carbocycles. The maximum atomic E-state index is 11.7. The van der Waals surface area contributed by atoms with Crippen molar-refractivity contribution >= 4 is 17.6 Å². The van der Waals surface area contributed by atoms with Crippen LogP contribution in [0.5, 0.6) is 17.2 Å². The minimum Gasteiger partial charge on any atom is -0.504 e. The molecule has 4 nitrogen and oxygen atoms in total. The Labute approximate surface area is 108 Å². The fourth-order valence-corrected chi connectivity index (χ4v) is 1.46. The molecule has 2 N–H and O–H groups in total. The predicted octanol–water partition coefficient (Wildman–Crippen LogP) is 2.97. The first-order valence-electron chi connectivity index (χ1n) is 5.06. The van der Waals surface area contributed by atoms with Gasteiger partial charge in [0.1, 0.15) is 0 Å². The third kappa shape index (κ3) is 2.55. The second kappa shape index (κ2) is 4.98. The van der Waals surface area contributed by atoms with Gasteiger partial charge in [0, 0.05) is 5.02 Å². The van der Waals surface area contributed by atoms with Gasteiger partial charge in [-0.15, -0.1) is 0 Å². The number of carbonyl (C=O) groups excluding carboxylic acids is 1. The SMILES string of the molecule is O=C(Oc1cccc(O)c1O)c1ccc(Cl)cc1. The van der Waals surface area contributed by atoms with Gasteiger partial charge in [0.25, 0.3) is 0 Å². The van der Waals surface area contributed by atoms with Gasteiger partial charge in [0.05, 0.1) is 5.56 Å². The Hall–Kier alpha value is -2.20. The highest BCUT2D eigenvalue weighted by molar-refractivity contribution is 6.30. The van der Waals surface area contributed by atoms with Crippen LogP contribution in [-0.2, 0) is 0 Å². The van der Waals surface area contributed by atoms with E-state index in [1.54, 1.807) is 12.1 Å². The van der Waals surface area contributed by atoms with Gasteiger partial charge in [-0.3, -0.25) is 0 Å². The summed E-state index contributed by atoms with van der Waals surface area (Å²) in [6, 6.07) is 10.2. The lowest BCUT2D eigenvalue weighted by molar-refractivity contribution is 0.0729. The van der Waals surface area contributed by atoms with Crippen LogP contribution < -0.4 is 4.74 Å². The third-order valence-corrected chi connectivity index (χ3v) is 2.51. The van der Waals surface area contributed by atoms with Crippen molar-refractivity contribution in [3.8, 4) is 17.2 Å². The second-order valence-electron chi connectivity index (χ2n) is 3.52. The molecule has 0 unspecified atom stereocenters. The molecule has 0 fully saturated rings. The number of esters is 1. The summed E-state index contributed by atoms with van der Waals surface area (Å²) in [4.78, 5) is 11.7. The molecule has 0 radical (unpaired) electrons. The van der Waals surface area contributed by atoms with E-state index in [2.05, 4.69) is 0 Å². The van der Waals surface area contributed by atoms with Crippen LogP contribution in [0.25, 0.3) is 0 Å². The number of benzene rings is 2. The van der Waals surface area contributed by atoms with Crippen LogP contribution in [0.1, 0.15) is 10.4 Å². The number of halogens is 1. The summed E-state index contributed by atoms with van der Waals surface area (Å²) in [7, 11) is 0. The molecular formula is C13H9ClO4. The zero-order valence-electron chi connectivity index (χ0n) is 9.13. The number of ether oxygens (including phenoxy) is 1. The molecule has 2 aromatic carbocycles. The summed E-state index contributed by atoms with van der Waals surface area (Å²) >= 11 is 5.70. The number of rotatable bonds is 2. The first-order valence-corrected chi connectivity index (χ1v) is 5.44. The average Bonchev–Trinajstić information content (AvgIpc) is 2.36. The summed E-state index contributed by atoms with van der Waals surface area (Å²) < 4.78 is 4.96. The average molecular weight is 265 g/mol. The Morgan fingerprint density at radius 3 is 2.39 bits per heavy atom. The number of phenols is 2. The van der Waals surface area contributed by atoms with Gasteiger partial charge in [-0.25, -0.2) is 4.79 Å². The summed E-state index contributed by atoms with van der Waals surface area (Å²) in [6.45, 7) is 0. The molecule has 0 atom stereocenters. The number of hydrogen-bond donors (Lipinski definition) is 2. The first kappa shape index (κ1) is 12.3. The maximum absolute atomic E-state index is 11.7. The van der Waals surface area contributed by atoms with E-state index < -0.39 is 11.7 Å². The zero-order chi connectivity index (χ0) is 13.1.